The number of hydrogen-bond acceptors (Lipinski definition) is 5. The number of alkyl halides is 2. The van der Waals surface area contributed by atoms with Gasteiger partial charge in [-0.05, 0) is 43.3 Å². The van der Waals surface area contributed by atoms with Gasteiger partial charge in [0.05, 0.1) is 30.1 Å². The van der Waals surface area contributed by atoms with Crippen LogP contribution in [0.3, 0.4) is 0 Å². The van der Waals surface area contributed by atoms with Gasteiger partial charge >= 0.3 is 0 Å². The molecule has 2 atom stereocenters. The van der Waals surface area contributed by atoms with Crippen LogP contribution in [0.4, 0.5) is 14.6 Å². The fourth-order valence-electron chi connectivity index (χ4n) is 4.22. The van der Waals surface area contributed by atoms with Crippen molar-refractivity contribution in [2.24, 2.45) is 0 Å². The van der Waals surface area contributed by atoms with E-state index in [9.17, 15) is 8.78 Å². The van der Waals surface area contributed by atoms with E-state index in [0.717, 1.165) is 5.56 Å². The molecule has 2 aromatic heterocycles. The van der Waals surface area contributed by atoms with Crippen LogP contribution in [0.25, 0.3) is 17.1 Å². The van der Waals surface area contributed by atoms with E-state index in [0.29, 0.717) is 40.0 Å². The Bertz CT molecular complexity index is 1320. The molecule has 1 aliphatic rings. The molecule has 5 rings (SSSR count). The Labute approximate surface area is 194 Å². The summed E-state index contributed by atoms with van der Waals surface area (Å²) in [6.07, 6.45) is -0.796. The van der Waals surface area contributed by atoms with Gasteiger partial charge in [-0.2, -0.15) is 10.2 Å². The highest BCUT2D eigenvalue weighted by atomic mass is 32.1. The number of rotatable bonds is 6. The van der Waals surface area contributed by atoms with Gasteiger partial charge in [0.2, 0.25) is 0 Å². The van der Waals surface area contributed by atoms with Crippen molar-refractivity contribution < 1.29 is 13.5 Å². The second-order valence-electron chi connectivity index (χ2n) is 7.69. The van der Waals surface area contributed by atoms with Crippen molar-refractivity contribution in [1.29, 1.82) is 0 Å². The molecule has 0 bridgehead atoms. The molecule has 0 saturated carbocycles. The number of anilines is 1. The van der Waals surface area contributed by atoms with E-state index >= 15 is 0 Å². The molecular weight excluding hydrogens is 446 g/mol. The number of nitrogens with one attached hydrogen (secondary N) is 2. The second kappa shape index (κ2) is 8.78. The fraction of sp³-hybridized carbons (Fsp3) is 0.261. The van der Waals surface area contributed by atoms with Crippen LogP contribution in [0.15, 0.2) is 60.8 Å². The Morgan fingerprint density at radius 2 is 1.91 bits per heavy atom. The number of H-pyrrole nitrogens is 1. The topological polar surface area (TPSA) is 72.7 Å². The lowest BCUT2D eigenvalue weighted by Gasteiger charge is -2.32. The lowest BCUT2D eigenvalue weighted by molar-refractivity contribution is 0.0659. The SMILES string of the molecule is CCOc1ccccc1-n1c(-c2cnn3c2N[C@@H](c2ccccc2)C[C@@H]3C(F)F)n[nH]c1=S. The van der Waals surface area contributed by atoms with E-state index in [1.54, 1.807) is 10.8 Å². The molecule has 0 radical (unpaired) electrons. The van der Waals surface area contributed by atoms with Crippen LogP contribution >= 0.6 is 12.2 Å². The molecule has 7 nitrogen and oxygen atoms in total. The second-order valence-corrected chi connectivity index (χ2v) is 8.07. The Kier molecular flexibility index (Phi) is 5.67. The summed E-state index contributed by atoms with van der Waals surface area (Å²) in [5.41, 5.74) is 2.20. The van der Waals surface area contributed by atoms with Crippen LogP contribution in [0, 0.1) is 4.77 Å². The van der Waals surface area contributed by atoms with Crippen molar-refractivity contribution in [3.05, 3.63) is 71.1 Å². The minimum Gasteiger partial charge on any atom is -0.492 e. The first-order valence-electron chi connectivity index (χ1n) is 10.7. The third kappa shape index (κ3) is 3.80. The molecule has 2 N–H and O–H groups in total. The molecule has 33 heavy (non-hydrogen) atoms. The number of halogens is 2. The maximum atomic E-state index is 14.0. The highest BCUT2D eigenvalue weighted by molar-refractivity contribution is 7.71. The van der Waals surface area contributed by atoms with Gasteiger partial charge in [0.1, 0.15) is 17.6 Å². The summed E-state index contributed by atoms with van der Waals surface area (Å²) in [6.45, 7) is 2.38. The van der Waals surface area contributed by atoms with Crippen LogP contribution in [0.2, 0.25) is 0 Å². The zero-order valence-corrected chi connectivity index (χ0v) is 18.6. The van der Waals surface area contributed by atoms with Gasteiger partial charge in [-0.25, -0.2) is 13.5 Å². The van der Waals surface area contributed by atoms with Crippen LogP contribution in [-0.4, -0.2) is 37.6 Å². The number of aromatic nitrogens is 5. The van der Waals surface area contributed by atoms with Gasteiger partial charge in [0.25, 0.3) is 6.43 Å². The van der Waals surface area contributed by atoms with Gasteiger partial charge in [0, 0.05) is 0 Å². The van der Waals surface area contributed by atoms with Crippen LogP contribution in [0.1, 0.15) is 31.0 Å². The monoisotopic (exact) mass is 468 g/mol. The van der Waals surface area contributed by atoms with Gasteiger partial charge in [-0.1, -0.05) is 42.5 Å². The molecule has 10 heteroatoms. The number of aromatic amines is 1. The number of para-hydroxylation sites is 2. The van der Waals surface area contributed by atoms with Gasteiger partial charge in [-0.3, -0.25) is 9.67 Å². The lowest BCUT2D eigenvalue weighted by Crippen LogP contribution is -2.31. The van der Waals surface area contributed by atoms with Crippen molar-refractivity contribution in [3.8, 4) is 22.8 Å². The summed E-state index contributed by atoms with van der Waals surface area (Å²) in [5, 5.41) is 15.0. The molecule has 4 aromatic rings. The molecular formula is C23H22F2N6OS. The number of fused-ring (bicyclic) bond motifs is 1. The molecule has 3 heterocycles. The summed E-state index contributed by atoms with van der Waals surface area (Å²) in [7, 11) is 0. The maximum absolute atomic E-state index is 14.0. The van der Waals surface area contributed by atoms with Crippen LogP contribution in [0.5, 0.6) is 5.75 Å². The zero-order chi connectivity index (χ0) is 22.9. The molecule has 0 unspecified atom stereocenters. The number of nitrogens with zero attached hydrogens (tertiary/aromatic N) is 4. The third-order valence-corrected chi connectivity index (χ3v) is 5.98. The van der Waals surface area contributed by atoms with Crippen molar-refractivity contribution in [2.45, 2.75) is 31.9 Å². The smallest absolute Gasteiger partial charge is 0.260 e. The molecule has 170 valence electrons. The number of benzene rings is 2. The largest absolute Gasteiger partial charge is 0.492 e. The van der Waals surface area contributed by atoms with Gasteiger partial charge < -0.3 is 10.1 Å². The lowest BCUT2D eigenvalue weighted by atomic mass is 9.97. The highest BCUT2D eigenvalue weighted by Gasteiger charge is 2.36. The molecule has 0 fully saturated rings. The Morgan fingerprint density at radius 3 is 2.67 bits per heavy atom. The van der Waals surface area contributed by atoms with E-state index in [-0.39, 0.29) is 12.5 Å². The predicted molar refractivity (Wildman–Crippen MR) is 124 cm³/mol. The predicted octanol–water partition coefficient (Wildman–Crippen LogP) is 5.56. The first kappa shape index (κ1) is 21.3. The van der Waals surface area contributed by atoms with Crippen LogP contribution in [-0.2, 0) is 0 Å². The molecule has 0 aliphatic carbocycles. The average Bonchev–Trinajstić information content (AvgIpc) is 3.42. The van der Waals surface area contributed by atoms with Crippen molar-refractivity contribution in [1.82, 2.24) is 24.5 Å². The summed E-state index contributed by atoms with van der Waals surface area (Å²) in [5.74, 6) is 1.58. The Morgan fingerprint density at radius 1 is 1.15 bits per heavy atom. The summed E-state index contributed by atoms with van der Waals surface area (Å²) >= 11 is 5.51. The van der Waals surface area contributed by atoms with Crippen molar-refractivity contribution in [2.75, 3.05) is 11.9 Å². The Hall–Kier alpha value is -3.53. The average molecular weight is 469 g/mol. The number of ether oxygens (including phenoxy) is 1. The summed E-state index contributed by atoms with van der Waals surface area (Å²) in [6, 6.07) is 15.7. The highest BCUT2D eigenvalue weighted by Crippen LogP contribution is 2.42. The first-order chi connectivity index (χ1) is 16.1. The molecule has 0 spiro atoms. The van der Waals surface area contributed by atoms with E-state index < -0.39 is 12.5 Å². The normalized spacial score (nSPS) is 17.6. The zero-order valence-electron chi connectivity index (χ0n) is 17.8. The van der Waals surface area contributed by atoms with Gasteiger partial charge in [-0.15, -0.1) is 0 Å². The minimum absolute atomic E-state index is 0.218. The van der Waals surface area contributed by atoms with E-state index in [2.05, 4.69) is 20.6 Å². The Balaban J connectivity index is 1.64. The molecule has 0 amide bonds. The van der Waals surface area contributed by atoms with Crippen molar-refractivity contribution in [3.63, 3.8) is 0 Å². The third-order valence-electron chi connectivity index (χ3n) is 5.71. The minimum atomic E-state index is -2.57. The van der Waals surface area contributed by atoms with Gasteiger partial charge in [0.15, 0.2) is 10.6 Å². The number of hydrogen-bond donors (Lipinski definition) is 2. The quantitative estimate of drug-likeness (QED) is 0.363. The van der Waals surface area contributed by atoms with E-state index in [4.69, 9.17) is 17.0 Å². The summed E-state index contributed by atoms with van der Waals surface area (Å²) in [4.78, 5) is 0. The van der Waals surface area contributed by atoms with Crippen LogP contribution < -0.4 is 10.1 Å². The standard InChI is InChI=1S/C23H22F2N6OS/c1-2-32-19-11-7-6-10-17(19)30-22(28-29-23(30)33)15-13-26-31-18(20(24)25)12-16(27-21(15)31)14-8-4-3-5-9-14/h3-11,13,16,18,20,27H,2,12H2,1H3,(H,29,33)/t16-,18-/m1/s1. The van der Waals surface area contributed by atoms with Crippen molar-refractivity contribution >= 4 is 18.0 Å². The molecule has 0 saturated heterocycles. The molecule has 1 aliphatic heterocycles. The maximum Gasteiger partial charge on any atom is 0.260 e. The van der Waals surface area contributed by atoms with E-state index in [1.165, 1.54) is 4.68 Å². The fourth-order valence-corrected chi connectivity index (χ4v) is 4.45. The summed E-state index contributed by atoms with van der Waals surface area (Å²) < 4.78 is 37.3. The molecule has 2 aromatic carbocycles. The first-order valence-corrected chi connectivity index (χ1v) is 11.1. The van der Waals surface area contributed by atoms with E-state index in [1.807, 2.05) is 61.5 Å².